The van der Waals surface area contributed by atoms with E-state index in [1.54, 1.807) is 0 Å². The van der Waals surface area contributed by atoms with Gasteiger partial charge in [0.25, 0.3) is 0 Å². The molecule has 1 heterocycles. The van der Waals surface area contributed by atoms with Gasteiger partial charge in [0, 0.05) is 0 Å². The average molecular weight is 1220 g/mol. The van der Waals surface area contributed by atoms with E-state index in [0.717, 1.165) is 17.5 Å². The summed E-state index contributed by atoms with van der Waals surface area (Å²) in [7, 11) is -3.12. The number of hydrogen-bond acceptors (Lipinski definition) is 0. The summed E-state index contributed by atoms with van der Waals surface area (Å²) in [6, 6.07) is 62.9. The first-order valence-electron chi connectivity index (χ1n) is 20.8. The number of rotatable bonds is 8. The van der Waals surface area contributed by atoms with Crippen molar-refractivity contribution in [1.29, 1.82) is 0 Å². The van der Waals surface area contributed by atoms with Crippen LogP contribution < -0.4 is 26.3 Å². The van der Waals surface area contributed by atoms with Crippen LogP contribution in [0.4, 0.5) is 0 Å². The van der Waals surface area contributed by atoms with E-state index in [-0.39, 0.29) is 44.8 Å². The van der Waals surface area contributed by atoms with Gasteiger partial charge in [0.2, 0.25) is 0 Å². The van der Waals surface area contributed by atoms with Gasteiger partial charge in [-0.3, -0.25) is 11.8 Å². The smallest absolute Gasteiger partial charge is 0.366 e. The van der Waals surface area contributed by atoms with Crippen molar-refractivity contribution >= 4 is 50.2 Å². The van der Waals surface area contributed by atoms with Crippen LogP contribution in [0.2, 0.25) is 13.1 Å². The maximum absolute atomic E-state index is 7.26. The molecule has 0 saturated heterocycles. The largest absolute Gasteiger partial charge is 1.00 e. The molecule has 1 aliphatic carbocycles. The summed E-state index contributed by atoms with van der Waals surface area (Å²) >= 11 is 0. The molecule has 0 aromatic heterocycles. The Balaban J connectivity index is 0.000000183. The third-order valence-electron chi connectivity index (χ3n) is 11.7. The van der Waals surface area contributed by atoms with Crippen molar-refractivity contribution < 1.29 is 44.8 Å². The summed E-state index contributed by atoms with van der Waals surface area (Å²) in [6.07, 6.45) is 24.7. The van der Waals surface area contributed by atoms with Gasteiger partial charge in [-0.15, -0.1) is 35.4 Å². The van der Waals surface area contributed by atoms with Gasteiger partial charge < -0.3 is 12.8 Å². The zero-order valence-electron chi connectivity index (χ0n) is 35.7. The van der Waals surface area contributed by atoms with Crippen LogP contribution in [0, 0.1) is 24.7 Å². The maximum atomic E-state index is 7.26. The minimum atomic E-state index is -1.55. The number of benzene rings is 7. The summed E-state index contributed by atoms with van der Waals surface area (Å²) in [5.41, 5.74) is 9.84. The van der Waals surface area contributed by atoms with E-state index in [1.165, 1.54) is 77.3 Å². The molecule has 0 bridgehead atoms. The molecule has 0 N–H and O–H groups in total. The molecule has 0 spiro atoms. The monoisotopic (exact) mass is 1220 g/mol. The minimum absolute atomic E-state index is 0. The Labute approximate surface area is 406 Å². The Kier molecular flexibility index (Phi) is 18.4. The summed E-state index contributed by atoms with van der Waals surface area (Å²) < 4.78 is 0. The average Bonchev–Trinajstić information content (AvgIpc) is 3.79. The molecule has 7 aromatic rings. The second kappa shape index (κ2) is 23.4. The van der Waals surface area contributed by atoms with Crippen LogP contribution in [0.1, 0.15) is 36.1 Å². The first-order chi connectivity index (χ1) is 29.4. The molecular weight excluding hydrogens is 1170 g/mol. The predicted molar refractivity (Wildman–Crippen MR) is 269 cm³/mol. The fraction of sp³-hybridized carbons (Fsp3) is 0.123. The third-order valence-corrected chi connectivity index (χ3v) is 21.4. The molecule has 9 rings (SSSR count). The van der Waals surface area contributed by atoms with Crippen LogP contribution in [0.3, 0.4) is 0 Å². The molecule has 0 fully saturated rings. The van der Waals surface area contributed by atoms with Crippen LogP contribution in [0.25, 0.3) is 22.3 Å². The predicted octanol–water partition coefficient (Wildman–Crippen LogP) is 11.5. The minimum Gasteiger partial charge on any atom is -0.366 e. The number of allylic oxidation sites excluding steroid dienone is 4. The van der Waals surface area contributed by atoms with Crippen molar-refractivity contribution in [3.8, 4) is 34.1 Å². The standard InChI is InChI=1S/C26H28P2.C16H13Si.C15H9.2Au/c1-3-14-23(4-2)27(24-15-8-5-9-16-24)21-22-28(25-17-10-6-11-18-25)26-19-12-7-13-20-26;1-4-12-9-10-14-13-7-5-6-8-15(13)17(2,3)16(14)11-12;1-2-11-7-8-15-13(9-11)10-12-5-3-4-6-14(12)15;;/h3-20H,21-22H2,1-2H3;5-11H,2-3H3;3-9H,10H2;;/q;2*-1;2*+1/p+2/b14-3-,23-4+;;;;. The second-order valence-corrected chi connectivity index (χ2v) is 25.2. The SMILES string of the molecule is C/C=C\C(=C/C)[PH+](CC[PH+](c1ccccc1)c1ccccc1)c1ccccc1.[Au+].[Au+].[C-]#Cc1ccc2c(c1)Cc1ccccc1-2.[C-]#Cc1ccc2c(c1)[Si](C)(C)c1ccccc1-2. The number of fused-ring (bicyclic) bond motifs is 6. The molecule has 5 heteroatoms. The van der Waals surface area contributed by atoms with Crippen LogP contribution in [0.15, 0.2) is 199 Å². The van der Waals surface area contributed by atoms with E-state index in [2.05, 4.69) is 221 Å². The summed E-state index contributed by atoms with van der Waals surface area (Å²) in [6.45, 7) is 9.07. The van der Waals surface area contributed by atoms with E-state index < -0.39 is 23.9 Å². The molecule has 1 aliphatic heterocycles. The van der Waals surface area contributed by atoms with Gasteiger partial charge in [-0.25, -0.2) is 0 Å². The van der Waals surface area contributed by atoms with Crippen LogP contribution in [-0.2, 0) is 51.2 Å². The quantitative estimate of drug-likeness (QED) is 0.0468. The summed E-state index contributed by atoms with van der Waals surface area (Å²) in [5.74, 6) is 4.93. The van der Waals surface area contributed by atoms with Gasteiger partial charge in [-0.2, -0.15) is 0 Å². The van der Waals surface area contributed by atoms with Crippen LogP contribution >= 0.6 is 15.8 Å². The van der Waals surface area contributed by atoms with Gasteiger partial charge in [-0.1, -0.05) is 145 Å². The molecule has 1 atom stereocenters. The molecule has 62 heavy (non-hydrogen) atoms. The normalized spacial score (nSPS) is 12.9. The van der Waals surface area contributed by atoms with Crippen LogP contribution in [-0.4, -0.2) is 20.4 Å². The molecule has 0 radical (unpaired) electrons. The van der Waals surface area contributed by atoms with Crippen LogP contribution in [0.5, 0.6) is 0 Å². The zero-order valence-corrected chi connectivity index (χ0v) is 43.0. The Hall–Kier alpha value is -4.30. The number of hydrogen-bond donors (Lipinski definition) is 0. The van der Waals surface area contributed by atoms with Crippen molar-refractivity contribution in [2.45, 2.75) is 33.4 Å². The van der Waals surface area contributed by atoms with E-state index in [9.17, 15) is 0 Å². The molecule has 0 saturated carbocycles. The van der Waals surface area contributed by atoms with E-state index in [4.69, 9.17) is 12.8 Å². The van der Waals surface area contributed by atoms with Crippen molar-refractivity contribution in [3.63, 3.8) is 0 Å². The van der Waals surface area contributed by atoms with Crippen molar-refractivity contribution in [3.05, 3.63) is 235 Å². The topological polar surface area (TPSA) is 0 Å². The fourth-order valence-corrected chi connectivity index (χ4v) is 18.1. The molecule has 1 unspecified atom stereocenters. The second-order valence-electron chi connectivity index (χ2n) is 15.7. The molecule has 2 aliphatic rings. The first kappa shape index (κ1) is 48.7. The molecular formula is C57H52Au2P2Si+2. The molecule has 0 amide bonds. The van der Waals surface area contributed by atoms with Crippen molar-refractivity contribution in [2.24, 2.45) is 0 Å². The zero-order chi connectivity index (χ0) is 41.9. The Morgan fingerprint density at radius 3 is 1.60 bits per heavy atom. The van der Waals surface area contributed by atoms with Gasteiger partial charge in [0.15, 0.2) is 0 Å². The van der Waals surface area contributed by atoms with E-state index in [1.807, 2.05) is 12.1 Å². The Morgan fingerprint density at radius 1 is 0.532 bits per heavy atom. The summed E-state index contributed by atoms with van der Waals surface area (Å²) in [4.78, 5) is 0. The van der Waals surface area contributed by atoms with Gasteiger partial charge in [0.1, 0.15) is 20.4 Å². The van der Waals surface area contributed by atoms with Crippen molar-refractivity contribution in [2.75, 3.05) is 12.3 Å². The summed E-state index contributed by atoms with van der Waals surface area (Å²) in [5, 5.41) is 9.01. The van der Waals surface area contributed by atoms with Crippen molar-refractivity contribution in [1.82, 2.24) is 0 Å². The third kappa shape index (κ3) is 11.3. The van der Waals surface area contributed by atoms with Gasteiger partial charge in [0.05, 0.1) is 37.1 Å². The fourth-order valence-electron chi connectivity index (χ4n) is 8.63. The van der Waals surface area contributed by atoms with E-state index in [0.29, 0.717) is 0 Å². The molecule has 314 valence electrons. The molecule has 0 nitrogen and oxygen atoms in total. The van der Waals surface area contributed by atoms with Gasteiger partial charge >= 0.3 is 44.8 Å². The Bertz CT molecular complexity index is 2670. The van der Waals surface area contributed by atoms with E-state index >= 15 is 0 Å². The Morgan fingerprint density at radius 2 is 1.02 bits per heavy atom. The van der Waals surface area contributed by atoms with Gasteiger partial charge in [-0.05, 0) is 102 Å². The first-order valence-corrected chi connectivity index (χ1v) is 27.3. The molecule has 7 aromatic carbocycles. The maximum Gasteiger partial charge on any atom is 1.00 e.